The standard InChI is InChI=1S/C23H33N3O2/c1-4-7-8-17-10-13-19(14-11-17)23(27)24-22-21(25-28-26-22)20-15-16(5-2)9-12-18(20)6-3/h9,12,15,17,19H,4-8,10-11,13-14H2,1-3H3,(H,24,26,27). The van der Waals surface area contributed by atoms with Gasteiger partial charge < -0.3 is 5.32 Å². The molecule has 1 aromatic heterocycles. The summed E-state index contributed by atoms with van der Waals surface area (Å²) in [6, 6.07) is 6.41. The smallest absolute Gasteiger partial charge is 0.228 e. The zero-order valence-electron chi connectivity index (χ0n) is 17.5. The van der Waals surface area contributed by atoms with Crippen molar-refractivity contribution in [1.29, 1.82) is 0 Å². The number of amides is 1. The van der Waals surface area contributed by atoms with Gasteiger partial charge in [-0.15, -0.1) is 0 Å². The molecule has 1 aliphatic carbocycles. The van der Waals surface area contributed by atoms with Crippen molar-refractivity contribution in [2.75, 3.05) is 5.32 Å². The highest BCUT2D eigenvalue weighted by Gasteiger charge is 2.27. The van der Waals surface area contributed by atoms with Crippen LogP contribution in [0.25, 0.3) is 11.3 Å². The number of carbonyl (C=O) groups is 1. The summed E-state index contributed by atoms with van der Waals surface area (Å²) >= 11 is 0. The summed E-state index contributed by atoms with van der Waals surface area (Å²) in [7, 11) is 0. The van der Waals surface area contributed by atoms with E-state index >= 15 is 0 Å². The molecule has 28 heavy (non-hydrogen) atoms. The summed E-state index contributed by atoms with van der Waals surface area (Å²) in [6.45, 7) is 6.49. The minimum absolute atomic E-state index is 0.0515. The Morgan fingerprint density at radius 2 is 1.89 bits per heavy atom. The summed E-state index contributed by atoms with van der Waals surface area (Å²) in [6.07, 6.45) is 9.93. The highest BCUT2D eigenvalue weighted by atomic mass is 16.6. The number of aromatic nitrogens is 2. The third-order valence-corrected chi connectivity index (χ3v) is 6.13. The minimum atomic E-state index is 0.0515. The highest BCUT2D eigenvalue weighted by molar-refractivity contribution is 5.94. The molecule has 152 valence electrons. The van der Waals surface area contributed by atoms with Crippen LogP contribution in [0.1, 0.15) is 76.8 Å². The molecule has 0 atom stereocenters. The molecule has 1 fully saturated rings. The van der Waals surface area contributed by atoms with Crippen LogP contribution in [0.15, 0.2) is 22.8 Å². The summed E-state index contributed by atoms with van der Waals surface area (Å²) in [5.41, 5.74) is 4.05. The number of unbranched alkanes of at least 4 members (excludes halogenated alkanes) is 1. The number of hydrogen-bond donors (Lipinski definition) is 1. The number of hydrogen-bond acceptors (Lipinski definition) is 4. The van der Waals surface area contributed by atoms with Gasteiger partial charge in [0.25, 0.3) is 0 Å². The Morgan fingerprint density at radius 1 is 1.11 bits per heavy atom. The van der Waals surface area contributed by atoms with Crippen molar-refractivity contribution in [3.05, 3.63) is 29.3 Å². The van der Waals surface area contributed by atoms with Crippen LogP contribution in [0.5, 0.6) is 0 Å². The van der Waals surface area contributed by atoms with Crippen molar-refractivity contribution in [3.63, 3.8) is 0 Å². The molecular weight excluding hydrogens is 350 g/mol. The number of aryl methyl sites for hydroxylation is 2. The molecule has 2 aromatic rings. The van der Waals surface area contributed by atoms with E-state index in [4.69, 9.17) is 4.63 Å². The topological polar surface area (TPSA) is 68.0 Å². The van der Waals surface area contributed by atoms with Crippen LogP contribution in [0.3, 0.4) is 0 Å². The maximum atomic E-state index is 12.8. The van der Waals surface area contributed by atoms with E-state index in [9.17, 15) is 4.79 Å². The molecule has 1 aliphatic rings. The van der Waals surface area contributed by atoms with E-state index in [2.05, 4.69) is 54.6 Å². The Labute approximate surface area is 168 Å². The van der Waals surface area contributed by atoms with Crippen molar-refractivity contribution in [2.45, 2.75) is 78.6 Å². The quantitative estimate of drug-likeness (QED) is 0.626. The largest absolute Gasteiger partial charge is 0.306 e. The predicted octanol–water partition coefficient (Wildman–Crippen LogP) is 5.80. The monoisotopic (exact) mass is 383 g/mol. The molecule has 0 saturated heterocycles. The Kier molecular flexibility index (Phi) is 7.24. The second-order valence-electron chi connectivity index (χ2n) is 8.01. The molecular formula is C23H33N3O2. The first-order valence-corrected chi connectivity index (χ1v) is 10.9. The van der Waals surface area contributed by atoms with E-state index in [1.807, 2.05) is 0 Å². The van der Waals surface area contributed by atoms with E-state index in [1.165, 1.54) is 30.4 Å². The molecule has 1 N–H and O–H groups in total. The molecule has 1 saturated carbocycles. The van der Waals surface area contributed by atoms with Crippen molar-refractivity contribution < 1.29 is 9.42 Å². The Balaban J connectivity index is 1.69. The van der Waals surface area contributed by atoms with Crippen molar-refractivity contribution in [3.8, 4) is 11.3 Å². The molecule has 0 spiro atoms. The van der Waals surface area contributed by atoms with Gasteiger partial charge in [-0.2, -0.15) is 0 Å². The van der Waals surface area contributed by atoms with E-state index in [0.29, 0.717) is 11.5 Å². The van der Waals surface area contributed by atoms with Gasteiger partial charge in [0.2, 0.25) is 11.7 Å². The fourth-order valence-electron chi connectivity index (χ4n) is 4.24. The van der Waals surface area contributed by atoms with Crippen molar-refractivity contribution in [1.82, 2.24) is 10.3 Å². The summed E-state index contributed by atoms with van der Waals surface area (Å²) in [5, 5.41) is 11.1. The van der Waals surface area contributed by atoms with Crippen LogP contribution in [0.4, 0.5) is 5.82 Å². The zero-order chi connectivity index (χ0) is 19.9. The van der Waals surface area contributed by atoms with Gasteiger partial charge in [0.1, 0.15) is 0 Å². The number of benzene rings is 1. The SMILES string of the molecule is CCCCC1CCC(C(=O)Nc2nonc2-c2cc(CC)ccc2CC)CC1. The maximum absolute atomic E-state index is 12.8. The van der Waals surface area contributed by atoms with Gasteiger partial charge in [-0.25, -0.2) is 4.63 Å². The first kappa shape index (κ1) is 20.6. The van der Waals surface area contributed by atoms with Crippen LogP contribution in [0, 0.1) is 11.8 Å². The molecule has 0 radical (unpaired) electrons. The van der Waals surface area contributed by atoms with Crippen LogP contribution in [0.2, 0.25) is 0 Å². The van der Waals surface area contributed by atoms with Crippen LogP contribution in [-0.4, -0.2) is 16.2 Å². The lowest BCUT2D eigenvalue weighted by Gasteiger charge is -2.27. The fourth-order valence-corrected chi connectivity index (χ4v) is 4.24. The first-order chi connectivity index (χ1) is 13.7. The van der Waals surface area contributed by atoms with Gasteiger partial charge in [0.15, 0.2) is 5.69 Å². The molecule has 0 bridgehead atoms. The van der Waals surface area contributed by atoms with Gasteiger partial charge in [0, 0.05) is 11.5 Å². The molecule has 0 aliphatic heterocycles. The summed E-state index contributed by atoms with van der Waals surface area (Å²) in [5.74, 6) is 1.35. The first-order valence-electron chi connectivity index (χ1n) is 10.9. The second-order valence-corrected chi connectivity index (χ2v) is 8.01. The van der Waals surface area contributed by atoms with Gasteiger partial charge in [-0.3, -0.25) is 4.79 Å². The lowest BCUT2D eigenvalue weighted by atomic mass is 9.79. The van der Waals surface area contributed by atoms with Gasteiger partial charge in [-0.1, -0.05) is 52.2 Å². The van der Waals surface area contributed by atoms with Crippen LogP contribution in [-0.2, 0) is 17.6 Å². The normalized spacial score (nSPS) is 19.5. The number of carbonyl (C=O) groups excluding carboxylic acids is 1. The molecule has 1 amide bonds. The summed E-state index contributed by atoms with van der Waals surface area (Å²) in [4.78, 5) is 12.8. The van der Waals surface area contributed by atoms with Crippen molar-refractivity contribution >= 4 is 11.7 Å². The van der Waals surface area contributed by atoms with Gasteiger partial charge in [-0.05, 0) is 71.9 Å². The van der Waals surface area contributed by atoms with Crippen molar-refractivity contribution in [2.24, 2.45) is 11.8 Å². The fraction of sp³-hybridized carbons (Fsp3) is 0.609. The van der Waals surface area contributed by atoms with Gasteiger partial charge in [0.05, 0.1) is 0 Å². The minimum Gasteiger partial charge on any atom is -0.306 e. The molecule has 5 nitrogen and oxygen atoms in total. The molecule has 0 unspecified atom stereocenters. The Hall–Kier alpha value is -2.17. The third-order valence-electron chi connectivity index (χ3n) is 6.13. The van der Waals surface area contributed by atoms with E-state index in [1.54, 1.807) is 0 Å². The molecule has 1 heterocycles. The third kappa shape index (κ3) is 4.81. The van der Waals surface area contributed by atoms with E-state index in [-0.39, 0.29) is 11.8 Å². The summed E-state index contributed by atoms with van der Waals surface area (Å²) < 4.78 is 5.01. The maximum Gasteiger partial charge on any atom is 0.228 e. The molecule has 1 aromatic carbocycles. The zero-order valence-corrected chi connectivity index (χ0v) is 17.5. The lowest BCUT2D eigenvalue weighted by Crippen LogP contribution is -2.27. The van der Waals surface area contributed by atoms with E-state index in [0.717, 1.165) is 50.0 Å². The second kappa shape index (κ2) is 9.85. The average molecular weight is 384 g/mol. The number of nitrogens with zero attached hydrogens (tertiary/aromatic N) is 2. The van der Waals surface area contributed by atoms with Crippen LogP contribution >= 0.6 is 0 Å². The Bertz CT molecular complexity index is 776. The van der Waals surface area contributed by atoms with Crippen LogP contribution < -0.4 is 5.32 Å². The average Bonchev–Trinajstić information content (AvgIpc) is 3.19. The van der Waals surface area contributed by atoms with Gasteiger partial charge >= 0.3 is 0 Å². The number of anilines is 1. The number of nitrogens with one attached hydrogen (secondary N) is 1. The lowest BCUT2D eigenvalue weighted by molar-refractivity contribution is -0.121. The molecule has 5 heteroatoms. The molecule has 3 rings (SSSR count). The Morgan fingerprint density at radius 3 is 2.57 bits per heavy atom. The predicted molar refractivity (Wildman–Crippen MR) is 112 cm³/mol. The number of rotatable bonds is 8. The van der Waals surface area contributed by atoms with E-state index < -0.39 is 0 Å². The highest BCUT2D eigenvalue weighted by Crippen LogP contribution is 2.34.